The molecule has 0 atom stereocenters. The molecule has 0 saturated carbocycles. The molecule has 1 saturated heterocycles. The molecular formula is C16H18N4O3. The summed E-state index contributed by atoms with van der Waals surface area (Å²) >= 11 is 0. The molecule has 0 bridgehead atoms. The number of benzene rings is 1. The topological polar surface area (TPSA) is 76.6 Å². The summed E-state index contributed by atoms with van der Waals surface area (Å²) in [4.78, 5) is 22.0. The van der Waals surface area contributed by atoms with Gasteiger partial charge in [0, 0.05) is 25.5 Å². The molecule has 1 aliphatic rings. The van der Waals surface area contributed by atoms with Crippen LogP contribution >= 0.6 is 0 Å². The number of nitrogens with one attached hydrogen (secondary N) is 1. The summed E-state index contributed by atoms with van der Waals surface area (Å²) in [5, 5.41) is 3.18. The fourth-order valence-corrected chi connectivity index (χ4v) is 2.24. The molecule has 1 N–H and O–H groups in total. The number of likely N-dealkylation sites (tertiary alicyclic amines) is 1. The minimum atomic E-state index is -0.0344. The Balaban J connectivity index is 1.40. The fourth-order valence-electron chi connectivity index (χ4n) is 2.24. The van der Waals surface area contributed by atoms with E-state index < -0.39 is 0 Å². The zero-order chi connectivity index (χ0) is 16.1. The number of methoxy groups -OCH3 is 1. The largest absolute Gasteiger partial charge is 0.497 e. The lowest BCUT2D eigenvalue weighted by Crippen LogP contribution is -2.58. The highest BCUT2D eigenvalue weighted by molar-refractivity contribution is 5.79. The Morgan fingerprint density at radius 3 is 2.52 bits per heavy atom. The molecule has 7 nitrogen and oxygen atoms in total. The second-order valence-corrected chi connectivity index (χ2v) is 5.18. The molecule has 2 heterocycles. The lowest BCUT2D eigenvalue weighted by molar-refractivity contribution is -0.137. The Morgan fingerprint density at radius 1 is 1.22 bits per heavy atom. The first-order chi connectivity index (χ1) is 11.2. The van der Waals surface area contributed by atoms with Crippen LogP contribution in [-0.4, -0.2) is 53.6 Å². The summed E-state index contributed by atoms with van der Waals surface area (Å²) < 4.78 is 10.6. The van der Waals surface area contributed by atoms with E-state index in [1.807, 2.05) is 0 Å². The van der Waals surface area contributed by atoms with Gasteiger partial charge in [-0.2, -0.15) is 0 Å². The van der Waals surface area contributed by atoms with Crippen LogP contribution in [-0.2, 0) is 4.79 Å². The molecule has 120 valence electrons. The van der Waals surface area contributed by atoms with E-state index in [1.165, 1.54) is 0 Å². The van der Waals surface area contributed by atoms with Crippen LogP contribution in [0.5, 0.6) is 11.5 Å². The summed E-state index contributed by atoms with van der Waals surface area (Å²) in [6, 6.07) is 9.09. The van der Waals surface area contributed by atoms with Gasteiger partial charge in [0.1, 0.15) is 11.5 Å². The highest BCUT2D eigenvalue weighted by Crippen LogP contribution is 2.18. The number of amides is 1. The van der Waals surface area contributed by atoms with Gasteiger partial charge < -0.3 is 19.7 Å². The summed E-state index contributed by atoms with van der Waals surface area (Å²) in [5.74, 6) is 1.95. The Kier molecular flexibility index (Phi) is 4.56. The Labute approximate surface area is 134 Å². The van der Waals surface area contributed by atoms with Crippen molar-refractivity contribution in [3.05, 3.63) is 42.7 Å². The van der Waals surface area contributed by atoms with E-state index in [0.29, 0.717) is 24.8 Å². The van der Waals surface area contributed by atoms with Gasteiger partial charge in [0.2, 0.25) is 5.95 Å². The average Bonchev–Trinajstić information content (AvgIpc) is 2.57. The standard InChI is InChI=1S/C16H18N4O3/c1-22-13-3-5-14(6-4-13)23-11-15(21)20-9-12(10-20)19-16-17-7-2-8-18-16/h2-8,12H,9-11H2,1H3,(H,17,18,19). The molecule has 0 aliphatic carbocycles. The van der Waals surface area contributed by atoms with E-state index in [-0.39, 0.29) is 18.6 Å². The van der Waals surface area contributed by atoms with E-state index >= 15 is 0 Å². The third-order valence-electron chi connectivity index (χ3n) is 3.55. The van der Waals surface area contributed by atoms with Gasteiger partial charge in [-0.1, -0.05) is 0 Å². The van der Waals surface area contributed by atoms with Gasteiger partial charge in [-0.3, -0.25) is 4.79 Å². The first kappa shape index (κ1) is 15.1. The van der Waals surface area contributed by atoms with Crippen LogP contribution in [0.3, 0.4) is 0 Å². The first-order valence-electron chi connectivity index (χ1n) is 7.33. The summed E-state index contributed by atoms with van der Waals surface area (Å²) in [7, 11) is 1.61. The van der Waals surface area contributed by atoms with E-state index in [0.717, 1.165) is 5.75 Å². The van der Waals surface area contributed by atoms with Crippen molar-refractivity contribution in [2.24, 2.45) is 0 Å². The third-order valence-corrected chi connectivity index (χ3v) is 3.55. The molecule has 0 unspecified atom stereocenters. The number of ether oxygens (including phenoxy) is 2. The molecule has 0 radical (unpaired) electrons. The van der Waals surface area contributed by atoms with Crippen LogP contribution in [0.4, 0.5) is 5.95 Å². The van der Waals surface area contributed by atoms with E-state index in [9.17, 15) is 4.79 Å². The van der Waals surface area contributed by atoms with Crippen LogP contribution < -0.4 is 14.8 Å². The smallest absolute Gasteiger partial charge is 0.260 e. The van der Waals surface area contributed by atoms with Gasteiger partial charge in [-0.15, -0.1) is 0 Å². The van der Waals surface area contributed by atoms with Gasteiger partial charge in [0.15, 0.2) is 6.61 Å². The quantitative estimate of drug-likeness (QED) is 0.863. The first-order valence-corrected chi connectivity index (χ1v) is 7.33. The molecule has 3 rings (SSSR count). The third kappa shape index (κ3) is 3.88. The number of rotatable bonds is 6. The molecule has 23 heavy (non-hydrogen) atoms. The fraction of sp³-hybridized carbons (Fsp3) is 0.312. The van der Waals surface area contributed by atoms with Crippen molar-refractivity contribution in [2.45, 2.75) is 6.04 Å². The number of nitrogens with zero attached hydrogens (tertiary/aromatic N) is 3. The maximum Gasteiger partial charge on any atom is 0.260 e. The minimum Gasteiger partial charge on any atom is -0.497 e. The van der Waals surface area contributed by atoms with Crippen LogP contribution in [0, 0.1) is 0 Å². The Morgan fingerprint density at radius 2 is 1.87 bits per heavy atom. The van der Waals surface area contributed by atoms with E-state index in [4.69, 9.17) is 9.47 Å². The second-order valence-electron chi connectivity index (χ2n) is 5.18. The van der Waals surface area contributed by atoms with Crippen molar-refractivity contribution in [3.8, 4) is 11.5 Å². The van der Waals surface area contributed by atoms with Gasteiger partial charge >= 0.3 is 0 Å². The van der Waals surface area contributed by atoms with Crippen LogP contribution in [0.1, 0.15) is 0 Å². The molecule has 1 fully saturated rings. The Hall–Kier alpha value is -2.83. The summed E-state index contributed by atoms with van der Waals surface area (Å²) in [6.07, 6.45) is 3.36. The molecular weight excluding hydrogens is 296 g/mol. The summed E-state index contributed by atoms with van der Waals surface area (Å²) in [5.41, 5.74) is 0. The van der Waals surface area contributed by atoms with Gasteiger partial charge in [-0.05, 0) is 30.3 Å². The van der Waals surface area contributed by atoms with E-state index in [2.05, 4.69) is 15.3 Å². The van der Waals surface area contributed by atoms with Gasteiger partial charge in [0.05, 0.1) is 13.2 Å². The van der Waals surface area contributed by atoms with Gasteiger partial charge in [0.25, 0.3) is 5.91 Å². The zero-order valence-electron chi connectivity index (χ0n) is 12.8. The number of hydrogen-bond donors (Lipinski definition) is 1. The summed E-state index contributed by atoms with van der Waals surface area (Å²) in [6.45, 7) is 1.28. The maximum atomic E-state index is 12.0. The van der Waals surface area contributed by atoms with Crippen molar-refractivity contribution in [3.63, 3.8) is 0 Å². The number of carbonyl (C=O) groups excluding carboxylic acids is 1. The SMILES string of the molecule is COc1ccc(OCC(=O)N2CC(Nc3ncccn3)C2)cc1. The average molecular weight is 314 g/mol. The second kappa shape index (κ2) is 6.95. The van der Waals surface area contributed by atoms with Crippen molar-refractivity contribution in [1.29, 1.82) is 0 Å². The molecule has 7 heteroatoms. The van der Waals surface area contributed by atoms with Crippen molar-refractivity contribution < 1.29 is 14.3 Å². The predicted octanol–water partition coefficient (Wildman–Crippen LogP) is 1.19. The van der Waals surface area contributed by atoms with Crippen molar-refractivity contribution >= 4 is 11.9 Å². The van der Waals surface area contributed by atoms with Crippen molar-refractivity contribution in [2.75, 3.05) is 32.1 Å². The lowest BCUT2D eigenvalue weighted by atomic mass is 10.1. The van der Waals surface area contributed by atoms with Crippen LogP contribution in [0.25, 0.3) is 0 Å². The normalized spacial score (nSPS) is 14.0. The Bertz CT molecular complexity index is 642. The molecule has 2 aromatic rings. The van der Waals surface area contributed by atoms with Crippen LogP contribution in [0.2, 0.25) is 0 Å². The molecule has 0 spiro atoms. The predicted molar refractivity (Wildman–Crippen MR) is 84.5 cm³/mol. The highest BCUT2D eigenvalue weighted by Gasteiger charge is 2.31. The molecule has 1 aromatic heterocycles. The zero-order valence-corrected chi connectivity index (χ0v) is 12.8. The number of carbonyl (C=O) groups is 1. The van der Waals surface area contributed by atoms with E-state index in [1.54, 1.807) is 54.7 Å². The highest BCUT2D eigenvalue weighted by atomic mass is 16.5. The number of hydrogen-bond acceptors (Lipinski definition) is 6. The number of aromatic nitrogens is 2. The monoisotopic (exact) mass is 314 g/mol. The lowest BCUT2D eigenvalue weighted by Gasteiger charge is -2.39. The van der Waals surface area contributed by atoms with Gasteiger partial charge in [-0.25, -0.2) is 9.97 Å². The number of anilines is 1. The molecule has 1 aliphatic heterocycles. The van der Waals surface area contributed by atoms with Crippen LogP contribution in [0.15, 0.2) is 42.7 Å². The maximum absolute atomic E-state index is 12.0. The molecule has 1 aromatic carbocycles. The molecule has 1 amide bonds. The van der Waals surface area contributed by atoms with Crippen molar-refractivity contribution in [1.82, 2.24) is 14.9 Å². The minimum absolute atomic E-state index is 0.0287.